The van der Waals surface area contributed by atoms with Gasteiger partial charge in [0.2, 0.25) is 5.90 Å². The van der Waals surface area contributed by atoms with Crippen molar-refractivity contribution in [2.45, 2.75) is 13.8 Å². The minimum Gasteiger partial charge on any atom is -0.490 e. The number of rotatable bonds is 7. The van der Waals surface area contributed by atoms with Gasteiger partial charge in [-0.15, -0.1) is 0 Å². The van der Waals surface area contributed by atoms with Crippen LogP contribution in [0.3, 0.4) is 0 Å². The Hall–Kier alpha value is -1.84. The topological polar surface area (TPSA) is 57.1 Å². The summed E-state index contributed by atoms with van der Waals surface area (Å²) in [7, 11) is 0. The van der Waals surface area contributed by atoms with E-state index in [9.17, 15) is 4.79 Å². The molecule has 0 saturated heterocycles. The monoisotopic (exact) mass is 601 g/mol. The van der Waals surface area contributed by atoms with Gasteiger partial charge in [0.05, 0.1) is 21.7 Å². The maximum absolute atomic E-state index is 12.4. The Labute approximate surface area is 202 Å². The number of nitrogens with zero attached hydrogens (tertiary/aromatic N) is 1. The van der Waals surface area contributed by atoms with E-state index in [0.717, 1.165) is 9.14 Å². The summed E-state index contributed by atoms with van der Waals surface area (Å²) in [6.07, 6.45) is 1.63. The molecule has 0 N–H and O–H groups in total. The van der Waals surface area contributed by atoms with Gasteiger partial charge in [-0.25, -0.2) is 9.79 Å². The largest absolute Gasteiger partial charge is 0.490 e. The van der Waals surface area contributed by atoms with Gasteiger partial charge in [0.15, 0.2) is 17.2 Å². The molecular formula is C22H18BrClINO4. The number of ether oxygens (including phenoxy) is 3. The van der Waals surface area contributed by atoms with Crippen molar-refractivity contribution in [1.29, 1.82) is 0 Å². The average Bonchev–Trinajstić information content (AvgIpc) is 3.03. The van der Waals surface area contributed by atoms with Crippen molar-refractivity contribution < 1.29 is 19.0 Å². The van der Waals surface area contributed by atoms with Crippen molar-refractivity contribution in [2.24, 2.45) is 4.99 Å². The first-order chi connectivity index (χ1) is 14.3. The third-order valence-electron chi connectivity index (χ3n) is 3.88. The predicted octanol–water partition coefficient (Wildman–Crippen LogP) is 6.41. The molecule has 1 aliphatic rings. The number of carbonyl (C=O) groups excluding carboxylic acids is 1. The molecule has 0 atom stereocenters. The second-order valence-electron chi connectivity index (χ2n) is 6.47. The number of carbonyl (C=O) groups is 1. The van der Waals surface area contributed by atoms with Crippen LogP contribution in [0.5, 0.6) is 11.5 Å². The molecule has 0 unspecified atom stereocenters. The lowest BCUT2D eigenvalue weighted by atomic mass is 10.1. The van der Waals surface area contributed by atoms with Gasteiger partial charge in [-0.2, -0.15) is 0 Å². The standard InChI is InChI=1S/C22H18BrClINO4/c1-4-28-19-9-13(7-16(23)20(19)29-11-12(2)3)8-18-22(27)30-21(26-18)15-10-14(25)5-6-17(15)24/h5-10H,2,4,11H2,1,3H3/b18-8-. The summed E-state index contributed by atoms with van der Waals surface area (Å²) < 4.78 is 18.5. The summed E-state index contributed by atoms with van der Waals surface area (Å²) in [5.74, 6) is 0.763. The van der Waals surface area contributed by atoms with Crippen LogP contribution in [0.2, 0.25) is 5.02 Å². The first-order valence-corrected chi connectivity index (χ1v) is 11.2. The van der Waals surface area contributed by atoms with Gasteiger partial charge >= 0.3 is 5.97 Å². The van der Waals surface area contributed by atoms with Crippen LogP contribution < -0.4 is 9.47 Å². The molecule has 2 aromatic carbocycles. The van der Waals surface area contributed by atoms with Crippen LogP contribution in [0.1, 0.15) is 25.0 Å². The molecule has 156 valence electrons. The summed E-state index contributed by atoms with van der Waals surface area (Å²) in [4.78, 5) is 16.7. The van der Waals surface area contributed by atoms with Gasteiger partial charge in [-0.1, -0.05) is 18.2 Å². The Morgan fingerprint density at radius 1 is 1.33 bits per heavy atom. The number of hydrogen-bond donors (Lipinski definition) is 0. The Morgan fingerprint density at radius 2 is 2.10 bits per heavy atom. The summed E-state index contributed by atoms with van der Waals surface area (Å²) in [5.41, 5.74) is 2.34. The number of aliphatic imine (C=N–C) groups is 1. The normalized spacial score (nSPS) is 14.5. The van der Waals surface area contributed by atoms with Gasteiger partial charge in [0, 0.05) is 3.57 Å². The summed E-state index contributed by atoms with van der Waals surface area (Å²) in [6.45, 7) is 8.45. The van der Waals surface area contributed by atoms with Gasteiger partial charge in [-0.05, 0) is 99.9 Å². The molecule has 2 aromatic rings. The quantitative estimate of drug-likeness (QED) is 0.159. The zero-order chi connectivity index (χ0) is 21.8. The first-order valence-electron chi connectivity index (χ1n) is 9.00. The highest BCUT2D eigenvalue weighted by Crippen LogP contribution is 2.38. The molecule has 1 aliphatic heterocycles. The highest BCUT2D eigenvalue weighted by molar-refractivity contribution is 14.1. The van der Waals surface area contributed by atoms with Crippen LogP contribution in [-0.4, -0.2) is 25.1 Å². The van der Waals surface area contributed by atoms with Gasteiger partial charge in [0.25, 0.3) is 0 Å². The van der Waals surface area contributed by atoms with Crippen molar-refractivity contribution in [3.63, 3.8) is 0 Å². The van der Waals surface area contributed by atoms with Gasteiger partial charge < -0.3 is 14.2 Å². The molecule has 5 nitrogen and oxygen atoms in total. The molecule has 8 heteroatoms. The first kappa shape index (κ1) is 22.8. The van der Waals surface area contributed by atoms with Gasteiger partial charge in [0.1, 0.15) is 6.61 Å². The fourth-order valence-electron chi connectivity index (χ4n) is 2.61. The van der Waals surface area contributed by atoms with E-state index in [0.29, 0.717) is 45.3 Å². The Morgan fingerprint density at radius 3 is 2.80 bits per heavy atom. The van der Waals surface area contributed by atoms with Crippen molar-refractivity contribution in [2.75, 3.05) is 13.2 Å². The molecule has 0 aromatic heterocycles. The average molecular weight is 603 g/mol. The number of halogens is 3. The molecule has 0 amide bonds. The third kappa shape index (κ3) is 5.44. The number of hydrogen-bond acceptors (Lipinski definition) is 5. The minimum atomic E-state index is -0.545. The third-order valence-corrected chi connectivity index (χ3v) is 5.47. The molecule has 30 heavy (non-hydrogen) atoms. The smallest absolute Gasteiger partial charge is 0.363 e. The molecule has 0 radical (unpaired) electrons. The lowest BCUT2D eigenvalue weighted by Crippen LogP contribution is -2.06. The van der Waals surface area contributed by atoms with E-state index in [1.165, 1.54) is 0 Å². The fourth-order valence-corrected chi connectivity index (χ4v) is 3.88. The van der Waals surface area contributed by atoms with Crippen LogP contribution >= 0.6 is 50.1 Å². The van der Waals surface area contributed by atoms with E-state index in [1.807, 2.05) is 32.0 Å². The van der Waals surface area contributed by atoms with E-state index in [4.69, 9.17) is 25.8 Å². The maximum atomic E-state index is 12.4. The molecule has 0 fully saturated rings. The lowest BCUT2D eigenvalue weighted by molar-refractivity contribution is -0.129. The Kier molecular flexibility index (Phi) is 7.60. The lowest BCUT2D eigenvalue weighted by Gasteiger charge is -2.14. The minimum absolute atomic E-state index is 0.171. The highest BCUT2D eigenvalue weighted by Gasteiger charge is 2.26. The van der Waals surface area contributed by atoms with Crippen molar-refractivity contribution in [1.82, 2.24) is 0 Å². The van der Waals surface area contributed by atoms with Crippen LogP contribution in [0.15, 0.2) is 57.6 Å². The Bertz CT molecular complexity index is 1080. The molecule has 0 bridgehead atoms. The second kappa shape index (κ2) is 9.98. The zero-order valence-electron chi connectivity index (χ0n) is 16.3. The van der Waals surface area contributed by atoms with Crippen LogP contribution in [0.4, 0.5) is 0 Å². The van der Waals surface area contributed by atoms with Crippen LogP contribution in [-0.2, 0) is 9.53 Å². The van der Waals surface area contributed by atoms with E-state index >= 15 is 0 Å². The number of esters is 1. The summed E-state index contributed by atoms with van der Waals surface area (Å²) >= 11 is 11.9. The summed E-state index contributed by atoms with van der Waals surface area (Å²) in [6, 6.07) is 9.03. The second-order valence-corrected chi connectivity index (χ2v) is 8.98. The fraction of sp³-hybridized carbons (Fsp3) is 0.182. The van der Waals surface area contributed by atoms with Crippen LogP contribution in [0.25, 0.3) is 6.08 Å². The molecule has 3 rings (SSSR count). The highest BCUT2D eigenvalue weighted by atomic mass is 127. The Balaban J connectivity index is 1.97. The SMILES string of the molecule is C=C(C)COc1c(Br)cc(/C=C2\N=C(c3cc(I)ccc3Cl)OC2=O)cc1OCC. The van der Waals surface area contributed by atoms with E-state index in [2.05, 4.69) is 50.1 Å². The van der Waals surface area contributed by atoms with E-state index in [1.54, 1.807) is 18.2 Å². The summed E-state index contributed by atoms with van der Waals surface area (Å²) in [5, 5.41) is 0.462. The maximum Gasteiger partial charge on any atom is 0.363 e. The van der Waals surface area contributed by atoms with Gasteiger partial charge in [-0.3, -0.25) is 0 Å². The zero-order valence-corrected chi connectivity index (χ0v) is 20.8. The predicted molar refractivity (Wildman–Crippen MR) is 130 cm³/mol. The van der Waals surface area contributed by atoms with E-state index in [-0.39, 0.29) is 11.6 Å². The molecule has 1 heterocycles. The van der Waals surface area contributed by atoms with Crippen molar-refractivity contribution in [3.8, 4) is 11.5 Å². The molecule has 0 saturated carbocycles. The van der Waals surface area contributed by atoms with Crippen molar-refractivity contribution in [3.05, 3.63) is 72.4 Å². The van der Waals surface area contributed by atoms with Crippen LogP contribution in [0, 0.1) is 3.57 Å². The number of cyclic esters (lactones) is 1. The van der Waals surface area contributed by atoms with E-state index < -0.39 is 5.97 Å². The van der Waals surface area contributed by atoms with Crippen molar-refractivity contribution >= 4 is 68.1 Å². The number of benzene rings is 2. The molecular weight excluding hydrogens is 585 g/mol. The molecule has 0 aliphatic carbocycles. The molecule has 0 spiro atoms.